The molecule has 1 aliphatic rings. The molecule has 0 atom stereocenters. The van der Waals surface area contributed by atoms with Gasteiger partial charge in [0.15, 0.2) is 0 Å². The van der Waals surface area contributed by atoms with Crippen LogP contribution in [0.2, 0.25) is 0 Å². The Balaban J connectivity index is 2.30. The van der Waals surface area contributed by atoms with Crippen LogP contribution in [-0.4, -0.2) is 16.4 Å². The lowest BCUT2D eigenvalue weighted by molar-refractivity contribution is -0.384. The van der Waals surface area contributed by atoms with E-state index < -0.39 is 10.8 Å². The SMILES string of the molecule is CC1(NC(=O)c2cccc(N)c2[N+](=O)[O-])CCC1. The number of carbonyl (C=O) groups excluding carboxylic acids is 1. The molecule has 0 spiro atoms. The van der Waals surface area contributed by atoms with E-state index >= 15 is 0 Å². The highest BCUT2D eigenvalue weighted by Crippen LogP contribution is 2.32. The maximum absolute atomic E-state index is 12.1. The minimum Gasteiger partial charge on any atom is -0.393 e. The standard InChI is InChI=1S/C12H15N3O3/c1-12(6-3-7-12)14-11(16)8-4-2-5-9(13)10(8)15(17)18/h2,4-5H,3,6-7,13H2,1H3,(H,14,16). The van der Waals surface area contributed by atoms with Crippen LogP contribution < -0.4 is 11.1 Å². The number of nitrogens with zero attached hydrogens (tertiary/aromatic N) is 1. The van der Waals surface area contributed by atoms with E-state index in [0.717, 1.165) is 19.3 Å². The lowest BCUT2D eigenvalue weighted by Crippen LogP contribution is -2.51. The van der Waals surface area contributed by atoms with E-state index in [2.05, 4.69) is 5.32 Å². The summed E-state index contributed by atoms with van der Waals surface area (Å²) in [7, 11) is 0. The molecule has 1 saturated carbocycles. The van der Waals surface area contributed by atoms with Gasteiger partial charge in [-0.1, -0.05) is 6.07 Å². The van der Waals surface area contributed by atoms with Crippen LogP contribution in [0.3, 0.4) is 0 Å². The highest BCUT2D eigenvalue weighted by molar-refractivity contribution is 6.00. The number of carbonyl (C=O) groups is 1. The maximum Gasteiger partial charge on any atom is 0.304 e. The van der Waals surface area contributed by atoms with Gasteiger partial charge < -0.3 is 11.1 Å². The monoisotopic (exact) mass is 249 g/mol. The Morgan fingerprint density at radius 3 is 2.67 bits per heavy atom. The Bertz CT molecular complexity index is 509. The summed E-state index contributed by atoms with van der Waals surface area (Å²) >= 11 is 0. The molecular weight excluding hydrogens is 234 g/mol. The molecule has 3 N–H and O–H groups in total. The first-order valence-electron chi connectivity index (χ1n) is 5.78. The quantitative estimate of drug-likeness (QED) is 0.485. The molecule has 1 aromatic rings. The Morgan fingerprint density at radius 1 is 1.50 bits per heavy atom. The van der Waals surface area contributed by atoms with Gasteiger partial charge in [0.25, 0.3) is 5.91 Å². The number of nitrogens with two attached hydrogens (primary N) is 1. The molecule has 1 aromatic carbocycles. The van der Waals surface area contributed by atoms with Crippen LogP contribution in [0.25, 0.3) is 0 Å². The van der Waals surface area contributed by atoms with Crippen LogP contribution in [0.1, 0.15) is 36.5 Å². The van der Waals surface area contributed by atoms with Crippen molar-refractivity contribution in [2.24, 2.45) is 0 Å². The summed E-state index contributed by atoms with van der Waals surface area (Å²) in [5.41, 5.74) is 5.01. The zero-order valence-electron chi connectivity index (χ0n) is 10.1. The van der Waals surface area contributed by atoms with Crippen LogP contribution in [-0.2, 0) is 0 Å². The summed E-state index contributed by atoms with van der Waals surface area (Å²) in [4.78, 5) is 22.4. The predicted octanol–water partition coefficient (Wildman–Crippen LogP) is 1.85. The van der Waals surface area contributed by atoms with E-state index in [1.807, 2.05) is 6.92 Å². The Hall–Kier alpha value is -2.11. The van der Waals surface area contributed by atoms with Gasteiger partial charge in [0, 0.05) is 5.54 Å². The summed E-state index contributed by atoms with van der Waals surface area (Å²) in [6.45, 7) is 1.94. The number of hydrogen-bond acceptors (Lipinski definition) is 4. The molecule has 0 aliphatic heterocycles. The topological polar surface area (TPSA) is 98.3 Å². The number of hydrogen-bond donors (Lipinski definition) is 2. The van der Waals surface area contributed by atoms with Crippen LogP contribution in [0.4, 0.5) is 11.4 Å². The highest BCUT2D eigenvalue weighted by atomic mass is 16.6. The van der Waals surface area contributed by atoms with Crippen molar-refractivity contribution in [2.45, 2.75) is 31.7 Å². The van der Waals surface area contributed by atoms with E-state index in [9.17, 15) is 14.9 Å². The number of amides is 1. The molecule has 0 heterocycles. The predicted molar refractivity (Wildman–Crippen MR) is 67.2 cm³/mol. The average Bonchev–Trinajstić information content (AvgIpc) is 2.25. The molecule has 2 rings (SSSR count). The molecule has 96 valence electrons. The zero-order valence-corrected chi connectivity index (χ0v) is 10.1. The molecule has 1 fully saturated rings. The van der Waals surface area contributed by atoms with Gasteiger partial charge in [0.1, 0.15) is 11.3 Å². The normalized spacial score (nSPS) is 16.7. The second-order valence-corrected chi connectivity index (χ2v) is 4.87. The summed E-state index contributed by atoms with van der Waals surface area (Å²) in [6.07, 6.45) is 2.86. The number of rotatable bonds is 3. The zero-order chi connectivity index (χ0) is 13.3. The average molecular weight is 249 g/mol. The third kappa shape index (κ3) is 2.13. The number of nitro benzene ring substituents is 1. The number of nitro groups is 1. The molecule has 0 saturated heterocycles. The van der Waals surface area contributed by atoms with Gasteiger partial charge in [0.2, 0.25) is 0 Å². The van der Waals surface area contributed by atoms with Crippen molar-refractivity contribution in [3.8, 4) is 0 Å². The van der Waals surface area contributed by atoms with Crippen molar-refractivity contribution >= 4 is 17.3 Å². The number of anilines is 1. The lowest BCUT2D eigenvalue weighted by Gasteiger charge is -2.39. The van der Waals surface area contributed by atoms with Gasteiger partial charge in [-0.2, -0.15) is 0 Å². The van der Waals surface area contributed by atoms with Crippen molar-refractivity contribution in [2.75, 3.05) is 5.73 Å². The van der Waals surface area contributed by atoms with Gasteiger partial charge in [-0.05, 0) is 38.3 Å². The van der Waals surface area contributed by atoms with Crippen LogP contribution in [0.5, 0.6) is 0 Å². The number of nitrogens with one attached hydrogen (secondary N) is 1. The second-order valence-electron chi connectivity index (χ2n) is 4.87. The number of nitrogen functional groups attached to an aromatic ring is 1. The fourth-order valence-electron chi connectivity index (χ4n) is 2.12. The van der Waals surface area contributed by atoms with E-state index in [-0.39, 0.29) is 22.5 Å². The molecule has 0 unspecified atom stereocenters. The Kier molecular flexibility index (Phi) is 2.94. The van der Waals surface area contributed by atoms with Crippen molar-refractivity contribution in [3.05, 3.63) is 33.9 Å². The molecule has 18 heavy (non-hydrogen) atoms. The number of benzene rings is 1. The molecule has 0 bridgehead atoms. The summed E-state index contributed by atoms with van der Waals surface area (Å²) in [5.74, 6) is -0.434. The first kappa shape index (κ1) is 12.3. The van der Waals surface area contributed by atoms with Crippen LogP contribution in [0.15, 0.2) is 18.2 Å². The van der Waals surface area contributed by atoms with Gasteiger partial charge >= 0.3 is 5.69 Å². The fourth-order valence-corrected chi connectivity index (χ4v) is 2.12. The Labute approximate surface area is 104 Å². The van der Waals surface area contributed by atoms with Crippen molar-refractivity contribution in [3.63, 3.8) is 0 Å². The number of para-hydroxylation sites is 1. The summed E-state index contributed by atoms with van der Waals surface area (Å²) < 4.78 is 0. The molecule has 6 heteroatoms. The van der Waals surface area contributed by atoms with E-state index in [0.29, 0.717) is 0 Å². The van der Waals surface area contributed by atoms with E-state index in [4.69, 9.17) is 5.73 Å². The van der Waals surface area contributed by atoms with E-state index in [1.165, 1.54) is 12.1 Å². The van der Waals surface area contributed by atoms with Crippen LogP contribution >= 0.6 is 0 Å². The molecule has 0 aromatic heterocycles. The van der Waals surface area contributed by atoms with Crippen molar-refractivity contribution < 1.29 is 9.72 Å². The fraction of sp³-hybridized carbons (Fsp3) is 0.417. The third-order valence-corrected chi connectivity index (χ3v) is 3.37. The molecule has 1 aliphatic carbocycles. The van der Waals surface area contributed by atoms with Crippen LogP contribution in [0, 0.1) is 10.1 Å². The van der Waals surface area contributed by atoms with Gasteiger partial charge in [-0.3, -0.25) is 14.9 Å². The molecule has 0 radical (unpaired) electrons. The van der Waals surface area contributed by atoms with Gasteiger partial charge in [-0.25, -0.2) is 0 Å². The Morgan fingerprint density at radius 2 is 2.17 bits per heavy atom. The first-order chi connectivity index (χ1) is 8.43. The van der Waals surface area contributed by atoms with Crippen molar-refractivity contribution in [1.29, 1.82) is 0 Å². The molecular formula is C12H15N3O3. The maximum atomic E-state index is 12.1. The summed E-state index contributed by atoms with van der Waals surface area (Å²) in [5, 5.41) is 13.8. The highest BCUT2D eigenvalue weighted by Gasteiger charge is 2.35. The largest absolute Gasteiger partial charge is 0.393 e. The molecule has 6 nitrogen and oxygen atoms in total. The second kappa shape index (κ2) is 4.29. The lowest BCUT2D eigenvalue weighted by atomic mass is 9.78. The first-order valence-corrected chi connectivity index (χ1v) is 5.78. The van der Waals surface area contributed by atoms with Gasteiger partial charge in [0.05, 0.1) is 4.92 Å². The summed E-state index contributed by atoms with van der Waals surface area (Å²) in [6, 6.07) is 4.38. The smallest absolute Gasteiger partial charge is 0.304 e. The molecule has 1 amide bonds. The van der Waals surface area contributed by atoms with Crippen molar-refractivity contribution in [1.82, 2.24) is 5.32 Å². The minimum absolute atomic E-state index is 0.00594. The third-order valence-electron chi connectivity index (χ3n) is 3.37. The van der Waals surface area contributed by atoms with E-state index in [1.54, 1.807) is 6.07 Å². The van der Waals surface area contributed by atoms with Gasteiger partial charge in [-0.15, -0.1) is 0 Å². The minimum atomic E-state index is -0.618.